The number of carboxylic acids is 1. The van der Waals surface area contributed by atoms with Crippen LogP contribution in [-0.2, 0) is 6.42 Å². The lowest BCUT2D eigenvalue weighted by Crippen LogP contribution is -2.07. The zero-order chi connectivity index (χ0) is 23.5. The van der Waals surface area contributed by atoms with E-state index in [0.717, 1.165) is 30.6 Å². The molecule has 0 unspecified atom stereocenters. The first-order valence-corrected chi connectivity index (χ1v) is 11.9. The van der Waals surface area contributed by atoms with Gasteiger partial charge < -0.3 is 15.2 Å². The summed E-state index contributed by atoms with van der Waals surface area (Å²) in [6.07, 6.45) is 2.14. The van der Waals surface area contributed by atoms with E-state index in [1.165, 1.54) is 12.4 Å². The number of thiophene rings is 1. The molecule has 4 rings (SSSR count). The van der Waals surface area contributed by atoms with E-state index in [-0.39, 0.29) is 11.4 Å². The Balaban J connectivity index is 1.52. The highest BCUT2D eigenvalue weighted by Gasteiger charge is 2.15. The van der Waals surface area contributed by atoms with Gasteiger partial charge in [0, 0.05) is 28.3 Å². The molecule has 0 amide bonds. The Hall–Kier alpha value is -3.04. The van der Waals surface area contributed by atoms with E-state index in [4.69, 9.17) is 4.74 Å². The lowest BCUT2D eigenvalue weighted by Gasteiger charge is -2.11. The number of nitrogens with zero attached hydrogens (tertiary/aromatic N) is 2. The number of fused-ring (bicyclic) bond motifs is 1. The van der Waals surface area contributed by atoms with Gasteiger partial charge in [-0.25, -0.2) is 19.2 Å². The van der Waals surface area contributed by atoms with E-state index < -0.39 is 5.97 Å². The molecule has 6 nitrogen and oxygen atoms in total. The van der Waals surface area contributed by atoms with Crippen LogP contribution in [0.15, 0.2) is 46.5 Å². The van der Waals surface area contributed by atoms with Crippen molar-refractivity contribution in [3.05, 3.63) is 69.0 Å². The van der Waals surface area contributed by atoms with Gasteiger partial charge in [-0.2, -0.15) is 0 Å². The fraction of sp³-hybridized carbons (Fsp3) is 0.208. The Morgan fingerprint density at radius 3 is 2.82 bits per heavy atom. The minimum atomic E-state index is -1.04. The highest BCUT2D eigenvalue weighted by Crippen LogP contribution is 2.38. The van der Waals surface area contributed by atoms with Gasteiger partial charge in [0.15, 0.2) is 0 Å². The summed E-state index contributed by atoms with van der Waals surface area (Å²) in [6, 6.07) is 9.82. The Bertz CT molecular complexity index is 1340. The van der Waals surface area contributed by atoms with Crippen molar-refractivity contribution in [3.63, 3.8) is 0 Å². The number of aryl methyl sites for hydroxylation is 1. The number of rotatable bonds is 8. The average molecular weight is 530 g/mol. The Kier molecular flexibility index (Phi) is 6.90. The first-order valence-electron chi connectivity index (χ1n) is 10.3. The zero-order valence-corrected chi connectivity index (χ0v) is 20.4. The van der Waals surface area contributed by atoms with Crippen LogP contribution in [0.1, 0.15) is 28.4 Å². The molecule has 0 fully saturated rings. The molecule has 0 spiro atoms. The van der Waals surface area contributed by atoms with Crippen LogP contribution in [0.25, 0.3) is 21.3 Å². The molecule has 0 saturated heterocycles. The molecular formula is C24H21BrFN3O3S. The molecule has 33 heavy (non-hydrogen) atoms. The summed E-state index contributed by atoms with van der Waals surface area (Å²) in [5.41, 5.74) is 3.46. The molecule has 2 heterocycles. The van der Waals surface area contributed by atoms with Crippen molar-refractivity contribution in [1.29, 1.82) is 0 Å². The number of aromatic carboxylic acids is 1. The quantitative estimate of drug-likeness (QED) is 0.278. The number of halogens is 2. The molecule has 2 N–H and O–H groups in total. The average Bonchev–Trinajstić information content (AvgIpc) is 3.10. The first-order chi connectivity index (χ1) is 15.9. The smallest absolute Gasteiger partial charge is 0.339 e. The van der Waals surface area contributed by atoms with Crippen LogP contribution in [0, 0.1) is 12.7 Å². The fourth-order valence-electron chi connectivity index (χ4n) is 3.64. The van der Waals surface area contributed by atoms with Gasteiger partial charge in [0.25, 0.3) is 0 Å². The van der Waals surface area contributed by atoms with Gasteiger partial charge in [-0.05, 0) is 71.6 Å². The second-order valence-electron chi connectivity index (χ2n) is 7.37. The molecule has 0 aliphatic rings. The number of anilines is 1. The van der Waals surface area contributed by atoms with Gasteiger partial charge in [-0.15, -0.1) is 11.3 Å². The van der Waals surface area contributed by atoms with Crippen LogP contribution in [0.4, 0.5) is 10.2 Å². The van der Waals surface area contributed by atoms with Gasteiger partial charge in [-0.3, -0.25) is 0 Å². The lowest BCUT2D eigenvalue weighted by molar-refractivity contribution is 0.0692. The van der Waals surface area contributed by atoms with E-state index in [1.54, 1.807) is 48.6 Å². The van der Waals surface area contributed by atoms with E-state index in [1.807, 2.05) is 6.92 Å². The third-order valence-corrected chi connectivity index (χ3v) is 7.29. The van der Waals surface area contributed by atoms with Crippen molar-refractivity contribution in [1.82, 2.24) is 9.97 Å². The Morgan fingerprint density at radius 2 is 2.06 bits per heavy atom. The summed E-state index contributed by atoms with van der Waals surface area (Å²) >= 11 is 5.23. The third-order valence-electron chi connectivity index (χ3n) is 5.15. The summed E-state index contributed by atoms with van der Waals surface area (Å²) < 4.78 is 21.5. The van der Waals surface area contributed by atoms with Crippen molar-refractivity contribution >= 4 is 49.1 Å². The number of aromatic nitrogens is 2. The topological polar surface area (TPSA) is 84.3 Å². The summed E-state index contributed by atoms with van der Waals surface area (Å²) in [7, 11) is 0. The van der Waals surface area contributed by atoms with E-state index >= 15 is 0 Å². The van der Waals surface area contributed by atoms with Crippen LogP contribution < -0.4 is 10.1 Å². The van der Waals surface area contributed by atoms with Gasteiger partial charge >= 0.3 is 5.97 Å². The summed E-state index contributed by atoms with van der Waals surface area (Å²) in [5.74, 6) is -0.344. The SMILES string of the molecule is CCOc1cc(-c2cc(NCCc3c(Br)sc4c(C)cc(F)cc34)ncn2)ccc1C(=O)O. The van der Waals surface area contributed by atoms with Gasteiger partial charge in [-0.1, -0.05) is 6.07 Å². The van der Waals surface area contributed by atoms with E-state index in [0.29, 0.717) is 36.8 Å². The predicted octanol–water partition coefficient (Wildman–Crippen LogP) is 6.32. The molecule has 0 bridgehead atoms. The second kappa shape index (κ2) is 9.84. The van der Waals surface area contributed by atoms with E-state index in [2.05, 4.69) is 31.2 Å². The molecular weight excluding hydrogens is 509 g/mol. The predicted molar refractivity (Wildman–Crippen MR) is 132 cm³/mol. The van der Waals surface area contributed by atoms with Gasteiger partial charge in [0.2, 0.25) is 0 Å². The second-order valence-corrected chi connectivity index (χ2v) is 9.71. The van der Waals surface area contributed by atoms with Crippen LogP contribution in [-0.4, -0.2) is 34.2 Å². The monoisotopic (exact) mass is 529 g/mol. The molecule has 0 radical (unpaired) electrons. The number of nitrogens with one attached hydrogen (secondary N) is 1. The third kappa shape index (κ3) is 4.99. The number of hydrogen-bond donors (Lipinski definition) is 2. The minimum absolute atomic E-state index is 0.105. The Labute approximate surface area is 202 Å². The standard InChI is InChI=1S/C24H21BrFN3O3S/c1-3-32-20-9-14(4-5-17(20)24(30)31)19-11-21(29-12-28-19)27-7-6-16-18-10-15(26)8-13(2)22(18)33-23(16)25/h4-5,8-12H,3,6-7H2,1-2H3,(H,30,31)(H,27,28,29). The molecule has 0 saturated carbocycles. The summed E-state index contributed by atoms with van der Waals surface area (Å²) in [4.78, 5) is 20.0. The number of carboxylic acid groups (broad SMARTS) is 1. The summed E-state index contributed by atoms with van der Waals surface area (Å²) in [5, 5.41) is 13.6. The maximum Gasteiger partial charge on any atom is 0.339 e. The number of hydrogen-bond acceptors (Lipinski definition) is 6. The van der Waals surface area contributed by atoms with Crippen molar-refractivity contribution in [2.45, 2.75) is 20.3 Å². The first kappa shape index (κ1) is 23.1. The van der Waals surface area contributed by atoms with E-state index in [9.17, 15) is 14.3 Å². The van der Waals surface area contributed by atoms with Crippen LogP contribution in [0.3, 0.4) is 0 Å². The molecule has 4 aromatic rings. The van der Waals surface area contributed by atoms with Crippen molar-refractivity contribution in [2.24, 2.45) is 0 Å². The maximum absolute atomic E-state index is 13.9. The normalized spacial score (nSPS) is 11.0. The van der Waals surface area contributed by atoms with Crippen LogP contribution in [0.2, 0.25) is 0 Å². The minimum Gasteiger partial charge on any atom is -0.493 e. The molecule has 9 heteroatoms. The Morgan fingerprint density at radius 1 is 1.24 bits per heavy atom. The molecule has 0 atom stereocenters. The molecule has 170 valence electrons. The van der Waals surface area contributed by atoms with Crippen molar-refractivity contribution < 1.29 is 19.0 Å². The fourth-order valence-corrected chi connectivity index (χ4v) is 5.56. The zero-order valence-electron chi connectivity index (χ0n) is 18.0. The number of benzene rings is 2. The van der Waals surface area contributed by atoms with Crippen molar-refractivity contribution in [3.8, 4) is 17.0 Å². The molecule has 2 aromatic carbocycles. The van der Waals surface area contributed by atoms with Gasteiger partial charge in [0.1, 0.15) is 29.3 Å². The van der Waals surface area contributed by atoms with Crippen LogP contribution >= 0.6 is 27.3 Å². The number of ether oxygens (including phenoxy) is 1. The van der Waals surface area contributed by atoms with Crippen LogP contribution in [0.5, 0.6) is 5.75 Å². The molecule has 0 aliphatic carbocycles. The molecule has 0 aliphatic heterocycles. The largest absolute Gasteiger partial charge is 0.493 e. The summed E-state index contributed by atoms with van der Waals surface area (Å²) in [6.45, 7) is 4.67. The maximum atomic E-state index is 13.9. The highest BCUT2D eigenvalue weighted by atomic mass is 79.9. The van der Waals surface area contributed by atoms with Crippen molar-refractivity contribution in [2.75, 3.05) is 18.5 Å². The van der Waals surface area contributed by atoms with Gasteiger partial charge in [0.05, 0.1) is 16.1 Å². The highest BCUT2D eigenvalue weighted by molar-refractivity contribution is 9.11. The molecule has 2 aromatic heterocycles. The lowest BCUT2D eigenvalue weighted by atomic mass is 10.1. The number of carbonyl (C=O) groups is 1.